The molecule has 0 amide bonds. The Hall–Kier alpha value is -1.93. The van der Waals surface area contributed by atoms with E-state index in [9.17, 15) is 4.79 Å². The van der Waals surface area contributed by atoms with Crippen LogP contribution in [0.5, 0.6) is 0 Å². The number of aromatic carboxylic acids is 1. The zero-order valence-corrected chi connectivity index (χ0v) is 11.5. The van der Waals surface area contributed by atoms with Crippen molar-refractivity contribution in [3.8, 4) is 0 Å². The van der Waals surface area contributed by atoms with Gasteiger partial charge in [0.05, 0.1) is 17.9 Å². The van der Waals surface area contributed by atoms with Crippen molar-refractivity contribution in [3.63, 3.8) is 0 Å². The molecular formula is C10H8Cl2N6O2. The Kier molecular flexibility index (Phi) is 3.19. The summed E-state index contributed by atoms with van der Waals surface area (Å²) in [6.45, 7) is 1.23. The minimum atomic E-state index is -1.10. The first-order valence-electron chi connectivity index (χ1n) is 5.63. The average molecular weight is 315 g/mol. The summed E-state index contributed by atoms with van der Waals surface area (Å²) in [7, 11) is 0. The number of carboxylic acids is 1. The van der Waals surface area contributed by atoms with E-state index in [-0.39, 0.29) is 22.0 Å². The van der Waals surface area contributed by atoms with E-state index in [1.165, 1.54) is 10.9 Å². The number of hydrogen-bond donors (Lipinski definition) is 1. The number of aromatic nitrogens is 5. The quantitative estimate of drug-likeness (QED) is 0.907. The van der Waals surface area contributed by atoms with Gasteiger partial charge in [-0.15, -0.1) is 15.3 Å². The van der Waals surface area contributed by atoms with E-state index >= 15 is 0 Å². The smallest absolute Gasteiger partial charge is 0.358 e. The van der Waals surface area contributed by atoms with Gasteiger partial charge in [0.25, 0.3) is 0 Å². The third-order valence-corrected chi connectivity index (χ3v) is 3.46. The van der Waals surface area contributed by atoms with E-state index in [0.29, 0.717) is 18.8 Å². The maximum absolute atomic E-state index is 10.7. The van der Waals surface area contributed by atoms with Crippen LogP contribution in [-0.4, -0.2) is 49.4 Å². The summed E-state index contributed by atoms with van der Waals surface area (Å²) < 4.78 is 1.53. The normalized spacial score (nSPS) is 15.2. The third kappa shape index (κ3) is 2.27. The predicted molar refractivity (Wildman–Crippen MR) is 70.3 cm³/mol. The van der Waals surface area contributed by atoms with Crippen LogP contribution in [0.15, 0.2) is 12.3 Å². The largest absolute Gasteiger partial charge is 0.476 e. The summed E-state index contributed by atoms with van der Waals surface area (Å²) >= 11 is 11.7. The maximum Gasteiger partial charge on any atom is 0.358 e. The van der Waals surface area contributed by atoms with Gasteiger partial charge in [0.15, 0.2) is 16.0 Å². The van der Waals surface area contributed by atoms with Crippen LogP contribution in [0.2, 0.25) is 10.3 Å². The second kappa shape index (κ2) is 4.88. The molecule has 0 spiro atoms. The number of nitrogens with zero attached hydrogens (tertiary/aromatic N) is 6. The number of rotatable bonds is 3. The van der Waals surface area contributed by atoms with Gasteiger partial charge in [0.2, 0.25) is 0 Å². The van der Waals surface area contributed by atoms with E-state index in [2.05, 4.69) is 20.5 Å². The topological polar surface area (TPSA) is 97.0 Å². The van der Waals surface area contributed by atoms with Gasteiger partial charge in [0, 0.05) is 19.2 Å². The number of anilines is 1. The van der Waals surface area contributed by atoms with E-state index < -0.39 is 5.97 Å². The van der Waals surface area contributed by atoms with Crippen LogP contribution in [0, 0.1) is 0 Å². The average Bonchev–Trinajstić information content (AvgIpc) is 2.81. The molecule has 0 radical (unpaired) electrons. The Morgan fingerprint density at radius 2 is 2.05 bits per heavy atom. The SMILES string of the molecule is O=C(O)c1cn(C2CN(c3cc(Cl)nnc3Cl)C2)nn1. The Balaban J connectivity index is 1.71. The summed E-state index contributed by atoms with van der Waals surface area (Å²) in [6.07, 6.45) is 1.41. The lowest BCUT2D eigenvalue weighted by molar-refractivity contribution is 0.0690. The zero-order chi connectivity index (χ0) is 14.3. The molecule has 0 unspecified atom stereocenters. The molecule has 1 N–H and O–H groups in total. The van der Waals surface area contributed by atoms with Crippen LogP contribution in [0.3, 0.4) is 0 Å². The summed E-state index contributed by atoms with van der Waals surface area (Å²) in [5, 5.41) is 24.1. The second-order valence-corrected chi connectivity index (χ2v) is 5.04. The molecule has 3 heterocycles. The van der Waals surface area contributed by atoms with Gasteiger partial charge < -0.3 is 10.0 Å². The van der Waals surface area contributed by atoms with Crippen LogP contribution in [0.25, 0.3) is 0 Å². The third-order valence-electron chi connectivity index (χ3n) is 3.01. The van der Waals surface area contributed by atoms with Crippen molar-refractivity contribution < 1.29 is 9.90 Å². The van der Waals surface area contributed by atoms with Crippen molar-refractivity contribution in [3.05, 3.63) is 28.3 Å². The highest BCUT2D eigenvalue weighted by atomic mass is 35.5. The number of hydrogen-bond acceptors (Lipinski definition) is 6. The molecule has 0 bridgehead atoms. The lowest BCUT2D eigenvalue weighted by atomic mass is 10.1. The predicted octanol–water partition coefficient (Wildman–Crippen LogP) is 1.13. The Morgan fingerprint density at radius 1 is 1.30 bits per heavy atom. The minimum Gasteiger partial charge on any atom is -0.476 e. The van der Waals surface area contributed by atoms with Gasteiger partial charge in [0.1, 0.15) is 0 Å². The fourth-order valence-electron chi connectivity index (χ4n) is 1.94. The van der Waals surface area contributed by atoms with E-state index in [4.69, 9.17) is 28.3 Å². The van der Waals surface area contributed by atoms with Crippen molar-refractivity contribution in [1.29, 1.82) is 0 Å². The Morgan fingerprint density at radius 3 is 2.70 bits per heavy atom. The van der Waals surface area contributed by atoms with Gasteiger partial charge in [-0.05, 0) is 0 Å². The molecule has 0 aromatic carbocycles. The Labute approximate surface area is 122 Å². The van der Waals surface area contributed by atoms with Crippen molar-refractivity contribution in [2.45, 2.75) is 6.04 Å². The van der Waals surface area contributed by atoms with Crippen molar-refractivity contribution >= 4 is 34.9 Å². The molecule has 0 aliphatic carbocycles. The summed E-state index contributed by atoms with van der Waals surface area (Å²) in [5.41, 5.74) is 0.622. The molecule has 1 fully saturated rings. The second-order valence-electron chi connectivity index (χ2n) is 4.29. The van der Waals surface area contributed by atoms with Crippen molar-refractivity contribution in [1.82, 2.24) is 25.2 Å². The summed E-state index contributed by atoms with van der Waals surface area (Å²) in [6, 6.07) is 1.68. The highest BCUT2D eigenvalue weighted by Crippen LogP contribution is 2.32. The molecule has 1 aliphatic rings. The highest BCUT2D eigenvalue weighted by molar-refractivity contribution is 6.33. The summed E-state index contributed by atoms with van der Waals surface area (Å²) in [4.78, 5) is 12.7. The molecule has 0 saturated carbocycles. The molecule has 20 heavy (non-hydrogen) atoms. The molecular weight excluding hydrogens is 307 g/mol. The van der Waals surface area contributed by atoms with Gasteiger partial charge in [-0.3, -0.25) is 0 Å². The van der Waals surface area contributed by atoms with Gasteiger partial charge >= 0.3 is 5.97 Å². The lowest BCUT2D eigenvalue weighted by Gasteiger charge is -2.40. The molecule has 3 rings (SSSR count). The molecule has 10 heteroatoms. The molecule has 2 aromatic heterocycles. The number of carboxylic acid groups (broad SMARTS) is 1. The first-order valence-corrected chi connectivity index (χ1v) is 6.39. The van der Waals surface area contributed by atoms with Crippen molar-refractivity contribution in [2.24, 2.45) is 0 Å². The fourth-order valence-corrected chi connectivity index (χ4v) is 2.29. The highest BCUT2D eigenvalue weighted by Gasteiger charge is 2.31. The van der Waals surface area contributed by atoms with Crippen LogP contribution in [0.4, 0.5) is 5.69 Å². The monoisotopic (exact) mass is 314 g/mol. The molecule has 1 saturated heterocycles. The van der Waals surface area contributed by atoms with Gasteiger partial charge in [-0.25, -0.2) is 9.48 Å². The molecule has 1 aliphatic heterocycles. The lowest BCUT2D eigenvalue weighted by Crippen LogP contribution is -2.48. The molecule has 104 valence electrons. The van der Waals surface area contributed by atoms with Crippen LogP contribution in [-0.2, 0) is 0 Å². The first kappa shape index (κ1) is 13.1. The van der Waals surface area contributed by atoms with E-state index in [1.807, 2.05) is 4.90 Å². The van der Waals surface area contributed by atoms with Crippen LogP contribution >= 0.6 is 23.2 Å². The maximum atomic E-state index is 10.7. The van der Waals surface area contributed by atoms with Crippen LogP contribution in [0.1, 0.15) is 16.5 Å². The van der Waals surface area contributed by atoms with Crippen LogP contribution < -0.4 is 4.90 Å². The first-order chi connectivity index (χ1) is 9.54. The standard InChI is InChI=1S/C10H8Cl2N6O2/c11-8-1-7(9(12)15-14-8)17-2-5(3-17)18-4-6(10(19)20)13-16-18/h1,4-5H,2-3H2,(H,19,20). The molecule has 8 nitrogen and oxygen atoms in total. The molecule has 2 aromatic rings. The number of halogens is 2. The molecule has 0 atom stereocenters. The number of carbonyl (C=O) groups is 1. The fraction of sp³-hybridized carbons (Fsp3) is 0.300. The zero-order valence-electron chi connectivity index (χ0n) is 9.94. The summed E-state index contributed by atoms with van der Waals surface area (Å²) in [5.74, 6) is -1.10. The van der Waals surface area contributed by atoms with Gasteiger partial charge in [-0.2, -0.15) is 0 Å². The van der Waals surface area contributed by atoms with E-state index in [1.54, 1.807) is 6.07 Å². The van der Waals surface area contributed by atoms with E-state index in [0.717, 1.165) is 0 Å². The van der Waals surface area contributed by atoms with Gasteiger partial charge in [-0.1, -0.05) is 28.4 Å². The van der Waals surface area contributed by atoms with Crippen molar-refractivity contribution in [2.75, 3.05) is 18.0 Å². The minimum absolute atomic E-state index is 0.0404. The Bertz CT molecular complexity index is 670.